The third kappa shape index (κ3) is 4.39. The van der Waals surface area contributed by atoms with Crippen LogP contribution >= 0.6 is 0 Å². The molecule has 0 saturated carbocycles. The van der Waals surface area contributed by atoms with Crippen molar-refractivity contribution in [2.45, 2.75) is 31.8 Å². The van der Waals surface area contributed by atoms with Crippen LogP contribution in [0.1, 0.15) is 24.0 Å². The predicted molar refractivity (Wildman–Crippen MR) is 82.1 cm³/mol. The van der Waals surface area contributed by atoms with Crippen LogP contribution in [0.5, 0.6) is 5.75 Å². The number of benzene rings is 2. The number of para-hydroxylation sites is 1. The summed E-state index contributed by atoms with van der Waals surface area (Å²) in [4.78, 5) is 0. The molecule has 1 atom stereocenters. The van der Waals surface area contributed by atoms with E-state index in [1.807, 2.05) is 30.3 Å². The van der Waals surface area contributed by atoms with E-state index < -0.39 is 0 Å². The van der Waals surface area contributed by atoms with E-state index >= 15 is 0 Å². The van der Waals surface area contributed by atoms with Gasteiger partial charge in [-0.2, -0.15) is 0 Å². The van der Waals surface area contributed by atoms with Gasteiger partial charge < -0.3 is 9.84 Å². The molecule has 0 fully saturated rings. The molecule has 0 aliphatic rings. The summed E-state index contributed by atoms with van der Waals surface area (Å²) < 4.78 is 5.31. The standard InChI is InChI=1S/C18H22O2/c1-20-18-13-6-5-11-16(18)14-17(19)12-7-10-15-8-3-2-4-9-15/h2-6,8-9,11,13,17,19H,7,10,12,14H2,1H3. The molecule has 2 rings (SSSR count). The largest absolute Gasteiger partial charge is 0.496 e. The molecule has 0 amide bonds. The normalized spacial score (nSPS) is 12.1. The van der Waals surface area contributed by atoms with Crippen LogP contribution in [0.15, 0.2) is 54.6 Å². The first kappa shape index (κ1) is 14.6. The Labute approximate surface area is 121 Å². The van der Waals surface area contributed by atoms with Crippen molar-refractivity contribution in [3.8, 4) is 5.75 Å². The molecular weight excluding hydrogens is 248 g/mol. The number of aliphatic hydroxyl groups is 1. The number of rotatable bonds is 7. The molecular formula is C18H22O2. The van der Waals surface area contributed by atoms with Gasteiger partial charge in [0.1, 0.15) is 5.75 Å². The first-order chi connectivity index (χ1) is 9.79. The monoisotopic (exact) mass is 270 g/mol. The van der Waals surface area contributed by atoms with Crippen LogP contribution < -0.4 is 4.74 Å². The summed E-state index contributed by atoms with van der Waals surface area (Å²) in [5.74, 6) is 0.856. The van der Waals surface area contributed by atoms with E-state index in [4.69, 9.17) is 4.74 Å². The van der Waals surface area contributed by atoms with Gasteiger partial charge in [0.25, 0.3) is 0 Å². The molecule has 0 heterocycles. The van der Waals surface area contributed by atoms with Crippen molar-refractivity contribution in [2.75, 3.05) is 7.11 Å². The van der Waals surface area contributed by atoms with Gasteiger partial charge in [0.05, 0.1) is 13.2 Å². The Hall–Kier alpha value is -1.80. The Morgan fingerprint density at radius 2 is 1.70 bits per heavy atom. The smallest absolute Gasteiger partial charge is 0.122 e. The lowest BCUT2D eigenvalue weighted by atomic mass is 10.0. The molecule has 1 unspecified atom stereocenters. The lowest BCUT2D eigenvalue weighted by Crippen LogP contribution is -2.11. The lowest BCUT2D eigenvalue weighted by Gasteiger charge is -2.13. The van der Waals surface area contributed by atoms with E-state index in [0.717, 1.165) is 30.6 Å². The average Bonchev–Trinajstić information content (AvgIpc) is 2.49. The highest BCUT2D eigenvalue weighted by Gasteiger charge is 2.09. The Kier molecular flexibility index (Phi) is 5.63. The highest BCUT2D eigenvalue weighted by molar-refractivity contribution is 5.33. The number of aliphatic hydroxyl groups excluding tert-OH is 1. The van der Waals surface area contributed by atoms with Crippen molar-refractivity contribution >= 4 is 0 Å². The molecule has 0 spiro atoms. The first-order valence-corrected chi connectivity index (χ1v) is 7.13. The van der Waals surface area contributed by atoms with Gasteiger partial charge in [-0.3, -0.25) is 0 Å². The van der Waals surface area contributed by atoms with Gasteiger partial charge in [0.15, 0.2) is 0 Å². The van der Waals surface area contributed by atoms with E-state index in [0.29, 0.717) is 6.42 Å². The minimum absolute atomic E-state index is 0.310. The quantitative estimate of drug-likeness (QED) is 0.832. The molecule has 1 N–H and O–H groups in total. The van der Waals surface area contributed by atoms with Crippen LogP contribution in [0.25, 0.3) is 0 Å². The van der Waals surface area contributed by atoms with Gasteiger partial charge in [0, 0.05) is 6.42 Å². The van der Waals surface area contributed by atoms with E-state index in [9.17, 15) is 5.11 Å². The van der Waals surface area contributed by atoms with E-state index in [-0.39, 0.29) is 6.10 Å². The molecule has 2 aromatic carbocycles. The second-order valence-corrected chi connectivity index (χ2v) is 5.05. The molecule has 0 aliphatic heterocycles. The summed E-state index contributed by atoms with van der Waals surface area (Å²) >= 11 is 0. The highest BCUT2D eigenvalue weighted by atomic mass is 16.5. The summed E-state index contributed by atoms with van der Waals surface area (Å²) in [6.45, 7) is 0. The molecule has 20 heavy (non-hydrogen) atoms. The third-order valence-corrected chi connectivity index (χ3v) is 3.49. The molecule has 0 radical (unpaired) electrons. The molecule has 0 saturated heterocycles. The molecule has 2 heteroatoms. The Bertz CT molecular complexity index is 508. The number of hydrogen-bond donors (Lipinski definition) is 1. The van der Waals surface area contributed by atoms with Crippen molar-refractivity contribution in [3.05, 3.63) is 65.7 Å². The van der Waals surface area contributed by atoms with E-state index in [1.165, 1.54) is 5.56 Å². The van der Waals surface area contributed by atoms with Gasteiger partial charge in [-0.15, -0.1) is 0 Å². The third-order valence-electron chi connectivity index (χ3n) is 3.49. The summed E-state index contributed by atoms with van der Waals surface area (Å²) in [7, 11) is 1.67. The second-order valence-electron chi connectivity index (χ2n) is 5.05. The van der Waals surface area contributed by atoms with Crippen LogP contribution in [0.4, 0.5) is 0 Å². The van der Waals surface area contributed by atoms with Gasteiger partial charge in [-0.1, -0.05) is 48.5 Å². The van der Waals surface area contributed by atoms with Gasteiger partial charge in [0.2, 0.25) is 0 Å². The van der Waals surface area contributed by atoms with Gasteiger partial charge in [-0.25, -0.2) is 0 Å². The van der Waals surface area contributed by atoms with Crippen molar-refractivity contribution in [1.82, 2.24) is 0 Å². The number of methoxy groups -OCH3 is 1. The van der Waals surface area contributed by atoms with Crippen molar-refractivity contribution in [2.24, 2.45) is 0 Å². The van der Waals surface area contributed by atoms with Crippen molar-refractivity contribution in [1.29, 1.82) is 0 Å². The fourth-order valence-corrected chi connectivity index (χ4v) is 2.41. The molecule has 0 aliphatic carbocycles. The van der Waals surface area contributed by atoms with Crippen molar-refractivity contribution in [3.63, 3.8) is 0 Å². The minimum atomic E-state index is -0.310. The zero-order valence-electron chi connectivity index (χ0n) is 12.0. The summed E-state index contributed by atoms with van der Waals surface area (Å²) in [6.07, 6.45) is 3.17. The number of aryl methyl sites for hydroxylation is 1. The molecule has 2 nitrogen and oxygen atoms in total. The van der Waals surface area contributed by atoms with Crippen LogP contribution in [0.2, 0.25) is 0 Å². The number of hydrogen-bond acceptors (Lipinski definition) is 2. The maximum Gasteiger partial charge on any atom is 0.122 e. The Balaban J connectivity index is 1.79. The van der Waals surface area contributed by atoms with Crippen LogP contribution in [-0.2, 0) is 12.8 Å². The SMILES string of the molecule is COc1ccccc1CC(O)CCCc1ccccc1. The van der Waals surface area contributed by atoms with Crippen LogP contribution in [0, 0.1) is 0 Å². The zero-order chi connectivity index (χ0) is 14.2. The van der Waals surface area contributed by atoms with Gasteiger partial charge in [-0.05, 0) is 36.5 Å². The average molecular weight is 270 g/mol. The highest BCUT2D eigenvalue weighted by Crippen LogP contribution is 2.20. The van der Waals surface area contributed by atoms with Crippen molar-refractivity contribution < 1.29 is 9.84 Å². The Morgan fingerprint density at radius 1 is 1.00 bits per heavy atom. The van der Waals surface area contributed by atoms with Crippen LogP contribution in [-0.4, -0.2) is 18.3 Å². The lowest BCUT2D eigenvalue weighted by molar-refractivity contribution is 0.161. The fourth-order valence-electron chi connectivity index (χ4n) is 2.41. The molecule has 0 aromatic heterocycles. The maximum atomic E-state index is 10.1. The molecule has 106 valence electrons. The second kappa shape index (κ2) is 7.71. The predicted octanol–water partition coefficient (Wildman–Crippen LogP) is 3.62. The summed E-state index contributed by atoms with van der Waals surface area (Å²) in [6, 6.07) is 18.3. The maximum absolute atomic E-state index is 10.1. The Morgan fingerprint density at radius 3 is 2.45 bits per heavy atom. The minimum Gasteiger partial charge on any atom is -0.496 e. The number of ether oxygens (including phenoxy) is 1. The summed E-state index contributed by atoms with van der Waals surface area (Å²) in [5, 5.41) is 10.1. The van der Waals surface area contributed by atoms with E-state index in [1.54, 1.807) is 7.11 Å². The topological polar surface area (TPSA) is 29.5 Å². The molecule has 0 bridgehead atoms. The summed E-state index contributed by atoms with van der Waals surface area (Å²) in [5.41, 5.74) is 2.40. The van der Waals surface area contributed by atoms with Gasteiger partial charge >= 0.3 is 0 Å². The molecule has 2 aromatic rings. The zero-order valence-corrected chi connectivity index (χ0v) is 12.0. The van der Waals surface area contributed by atoms with E-state index in [2.05, 4.69) is 24.3 Å². The fraction of sp³-hybridized carbons (Fsp3) is 0.333. The van der Waals surface area contributed by atoms with Crippen LogP contribution in [0.3, 0.4) is 0 Å². The first-order valence-electron chi connectivity index (χ1n) is 7.13.